The van der Waals surface area contributed by atoms with Crippen molar-refractivity contribution in [3.05, 3.63) is 65.7 Å². The Morgan fingerprint density at radius 1 is 1.03 bits per heavy atom. The first-order valence-corrected chi connectivity index (χ1v) is 8.06. The van der Waals surface area contributed by atoms with Crippen molar-refractivity contribution in [2.75, 3.05) is 17.7 Å². The highest BCUT2D eigenvalue weighted by Crippen LogP contribution is 2.35. The zero-order valence-electron chi connectivity index (χ0n) is 14.8. The van der Waals surface area contributed by atoms with Gasteiger partial charge in [0.2, 0.25) is 11.8 Å². The zero-order chi connectivity index (χ0) is 21.0. The summed E-state index contributed by atoms with van der Waals surface area (Å²) in [5, 5.41) is 12.6. The van der Waals surface area contributed by atoms with E-state index in [0.29, 0.717) is 0 Å². The van der Waals surface area contributed by atoms with E-state index in [1.807, 2.05) is 0 Å². The van der Waals surface area contributed by atoms with Gasteiger partial charge in [-0.2, -0.15) is 17.6 Å². The summed E-state index contributed by atoms with van der Waals surface area (Å²) in [5.41, 5.74) is -1.36. The molecule has 0 radical (unpaired) electrons. The van der Waals surface area contributed by atoms with Crippen LogP contribution in [0.2, 0.25) is 0 Å². The average Bonchev–Trinajstić information content (AvgIpc) is 2.69. The molecule has 3 rings (SSSR count). The quantitative estimate of drug-likeness (QED) is 0.490. The summed E-state index contributed by atoms with van der Waals surface area (Å²) < 4.78 is 57.4. The molecule has 2 aromatic heterocycles. The van der Waals surface area contributed by atoms with E-state index in [1.165, 1.54) is 31.4 Å². The van der Waals surface area contributed by atoms with Gasteiger partial charge in [0.15, 0.2) is 5.82 Å². The van der Waals surface area contributed by atoms with E-state index < -0.39 is 23.6 Å². The Balaban J connectivity index is 1.93. The number of nitrogens with zero attached hydrogens (tertiary/aromatic N) is 3. The maximum absolute atomic E-state index is 13.2. The monoisotopic (exact) mass is 407 g/mol. The molecule has 0 saturated heterocycles. The number of alkyl halides is 3. The second kappa shape index (κ2) is 8.09. The van der Waals surface area contributed by atoms with Crippen LogP contribution in [0.5, 0.6) is 5.88 Å². The molecular weight excluding hydrogens is 394 g/mol. The van der Waals surface area contributed by atoms with Crippen molar-refractivity contribution in [1.82, 2.24) is 15.2 Å². The lowest BCUT2D eigenvalue weighted by Crippen LogP contribution is -2.16. The fraction of sp³-hybridized carbons (Fsp3) is 0.111. The smallest absolute Gasteiger partial charge is 0.416 e. The van der Waals surface area contributed by atoms with Crippen LogP contribution in [0, 0.1) is 5.95 Å². The molecule has 3 aromatic rings. The van der Waals surface area contributed by atoms with Crippen LogP contribution in [0.4, 0.5) is 34.8 Å². The van der Waals surface area contributed by atoms with E-state index in [1.54, 1.807) is 0 Å². The number of carbonyl (C=O) groups is 1. The maximum Gasteiger partial charge on any atom is 0.416 e. The highest BCUT2D eigenvalue weighted by molar-refractivity contribution is 6.04. The molecule has 2 heterocycles. The van der Waals surface area contributed by atoms with E-state index >= 15 is 0 Å². The Labute approximate surface area is 161 Å². The van der Waals surface area contributed by atoms with Crippen molar-refractivity contribution in [3.8, 4) is 5.88 Å². The molecule has 0 saturated carbocycles. The first-order chi connectivity index (χ1) is 13.8. The summed E-state index contributed by atoms with van der Waals surface area (Å²) >= 11 is 0. The molecule has 1 amide bonds. The number of nitrogens with one attached hydrogen (secondary N) is 2. The van der Waals surface area contributed by atoms with E-state index in [9.17, 15) is 22.4 Å². The van der Waals surface area contributed by atoms with Gasteiger partial charge in [0.25, 0.3) is 5.91 Å². The Morgan fingerprint density at radius 3 is 2.45 bits per heavy atom. The molecule has 0 bridgehead atoms. The third kappa shape index (κ3) is 4.94. The Bertz CT molecular complexity index is 1030. The van der Waals surface area contributed by atoms with Crippen LogP contribution in [0.15, 0.2) is 48.5 Å². The van der Waals surface area contributed by atoms with Gasteiger partial charge in [0, 0.05) is 6.07 Å². The number of aromatic nitrogens is 3. The van der Waals surface area contributed by atoms with Crippen molar-refractivity contribution in [3.63, 3.8) is 0 Å². The fourth-order valence-electron chi connectivity index (χ4n) is 2.29. The lowest BCUT2D eigenvalue weighted by atomic mass is 10.1. The Morgan fingerprint density at radius 2 is 1.83 bits per heavy atom. The number of pyridine rings is 1. The number of hydrogen-bond donors (Lipinski definition) is 2. The molecule has 0 aliphatic heterocycles. The van der Waals surface area contributed by atoms with Crippen LogP contribution < -0.4 is 15.4 Å². The molecule has 0 atom stereocenters. The van der Waals surface area contributed by atoms with Gasteiger partial charge in [-0.1, -0.05) is 6.07 Å². The second-order valence-corrected chi connectivity index (χ2v) is 5.64. The fourth-order valence-corrected chi connectivity index (χ4v) is 2.29. The minimum atomic E-state index is -4.63. The van der Waals surface area contributed by atoms with Gasteiger partial charge in [0.1, 0.15) is 5.69 Å². The highest BCUT2D eigenvalue weighted by Gasteiger charge is 2.31. The number of benzene rings is 1. The predicted octanol–water partition coefficient (Wildman–Crippen LogP) is 4.03. The molecule has 2 N–H and O–H groups in total. The minimum Gasteiger partial charge on any atom is -0.480 e. The van der Waals surface area contributed by atoms with Crippen molar-refractivity contribution < 1.29 is 27.1 Å². The van der Waals surface area contributed by atoms with Crippen molar-refractivity contribution in [1.29, 1.82) is 0 Å². The van der Waals surface area contributed by atoms with Crippen LogP contribution in [-0.2, 0) is 6.18 Å². The average molecular weight is 407 g/mol. The van der Waals surface area contributed by atoms with Gasteiger partial charge in [0.05, 0.1) is 24.0 Å². The summed E-state index contributed by atoms with van der Waals surface area (Å²) in [6.07, 6.45) is -4.63. The van der Waals surface area contributed by atoms with E-state index in [2.05, 4.69) is 25.8 Å². The van der Waals surface area contributed by atoms with Gasteiger partial charge in [-0.3, -0.25) is 4.79 Å². The van der Waals surface area contributed by atoms with Crippen LogP contribution in [-0.4, -0.2) is 28.2 Å². The lowest BCUT2D eigenvalue weighted by molar-refractivity contribution is -0.137. The summed E-state index contributed by atoms with van der Waals surface area (Å²) in [6.45, 7) is 0. The number of amides is 1. The molecule has 0 aliphatic rings. The first-order valence-electron chi connectivity index (χ1n) is 8.06. The lowest BCUT2D eigenvalue weighted by Gasteiger charge is -2.15. The van der Waals surface area contributed by atoms with Crippen molar-refractivity contribution in [2.45, 2.75) is 6.18 Å². The van der Waals surface area contributed by atoms with E-state index in [-0.39, 0.29) is 28.8 Å². The normalized spacial score (nSPS) is 11.1. The third-order valence-electron chi connectivity index (χ3n) is 3.65. The molecule has 7 nitrogen and oxygen atoms in total. The molecule has 29 heavy (non-hydrogen) atoms. The zero-order valence-corrected chi connectivity index (χ0v) is 14.8. The third-order valence-corrected chi connectivity index (χ3v) is 3.65. The molecule has 0 fully saturated rings. The molecule has 0 aliphatic carbocycles. The molecule has 1 aromatic carbocycles. The number of ether oxygens (including phenoxy) is 1. The van der Waals surface area contributed by atoms with Gasteiger partial charge in [-0.05, 0) is 36.4 Å². The second-order valence-electron chi connectivity index (χ2n) is 5.64. The molecule has 150 valence electrons. The number of methoxy groups -OCH3 is 1. The molecule has 0 unspecified atom stereocenters. The first kappa shape index (κ1) is 20.0. The summed E-state index contributed by atoms with van der Waals surface area (Å²) in [7, 11) is 1.40. The summed E-state index contributed by atoms with van der Waals surface area (Å²) in [4.78, 5) is 15.7. The summed E-state index contributed by atoms with van der Waals surface area (Å²) in [5.74, 6) is -1.33. The van der Waals surface area contributed by atoms with Gasteiger partial charge >= 0.3 is 6.18 Å². The summed E-state index contributed by atoms with van der Waals surface area (Å²) in [6, 6.07) is 9.23. The van der Waals surface area contributed by atoms with Crippen LogP contribution in [0.25, 0.3) is 0 Å². The Kier molecular flexibility index (Phi) is 5.57. The maximum atomic E-state index is 13.2. The molecular formula is C18H13F4N5O2. The van der Waals surface area contributed by atoms with E-state index in [0.717, 1.165) is 24.3 Å². The van der Waals surface area contributed by atoms with E-state index in [4.69, 9.17) is 4.74 Å². The van der Waals surface area contributed by atoms with Gasteiger partial charge in [-0.25, -0.2) is 4.98 Å². The topological polar surface area (TPSA) is 89.0 Å². The van der Waals surface area contributed by atoms with Crippen molar-refractivity contribution in [2.24, 2.45) is 0 Å². The van der Waals surface area contributed by atoms with Crippen LogP contribution in [0.1, 0.15) is 16.1 Å². The number of anilines is 3. The highest BCUT2D eigenvalue weighted by atomic mass is 19.4. The Hall–Kier alpha value is -3.76. The minimum absolute atomic E-state index is 0.113. The van der Waals surface area contributed by atoms with Gasteiger partial charge in [-0.15, -0.1) is 10.2 Å². The number of rotatable bonds is 5. The standard InChI is InChI=1S/C18H13F4N5O2/c1-29-16-8-7-15(26-27-16)24-11-6-5-10(18(20,21)22)9-13(11)25-17(28)12-3-2-4-14(19)23-12/h2-9H,1H3,(H,24,26)(H,25,28). The largest absolute Gasteiger partial charge is 0.480 e. The SMILES string of the molecule is COc1ccc(Nc2ccc(C(F)(F)F)cc2NC(=O)c2cccc(F)n2)nn1. The van der Waals surface area contributed by atoms with Gasteiger partial charge < -0.3 is 15.4 Å². The van der Waals surface area contributed by atoms with Crippen LogP contribution >= 0.6 is 0 Å². The molecule has 11 heteroatoms. The number of halogens is 4. The van der Waals surface area contributed by atoms with Crippen LogP contribution in [0.3, 0.4) is 0 Å². The number of carbonyl (C=O) groups excluding carboxylic acids is 1. The number of hydrogen-bond acceptors (Lipinski definition) is 6. The van der Waals surface area contributed by atoms with Crippen molar-refractivity contribution >= 4 is 23.1 Å². The predicted molar refractivity (Wildman–Crippen MR) is 95.5 cm³/mol. The molecule has 0 spiro atoms.